The van der Waals surface area contributed by atoms with E-state index in [0.29, 0.717) is 30.2 Å². The summed E-state index contributed by atoms with van der Waals surface area (Å²) in [6, 6.07) is 11.1. The van der Waals surface area contributed by atoms with Crippen molar-refractivity contribution in [3.05, 3.63) is 53.9 Å². The number of fused-ring (bicyclic) bond motifs is 1. The Kier molecular flexibility index (Phi) is 5.95. The van der Waals surface area contributed by atoms with Crippen LogP contribution >= 0.6 is 0 Å². The summed E-state index contributed by atoms with van der Waals surface area (Å²) in [5.74, 6) is 1.08. The number of benzene rings is 1. The van der Waals surface area contributed by atoms with Gasteiger partial charge < -0.3 is 15.4 Å². The Morgan fingerprint density at radius 1 is 1.32 bits per heavy atom. The zero-order valence-corrected chi connectivity index (χ0v) is 18.5. The molecule has 2 atom stereocenters. The van der Waals surface area contributed by atoms with E-state index in [1.165, 1.54) is 0 Å². The highest BCUT2D eigenvalue weighted by Crippen LogP contribution is 2.31. The number of nitrogens with one attached hydrogen (secondary N) is 1. The van der Waals surface area contributed by atoms with Crippen molar-refractivity contribution in [3.63, 3.8) is 0 Å². The fourth-order valence-corrected chi connectivity index (χ4v) is 4.76. The van der Waals surface area contributed by atoms with E-state index in [1.807, 2.05) is 49.1 Å². The summed E-state index contributed by atoms with van der Waals surface area (Å²) in [6.07, 6.45) is 3.63. The van der Waals surface area contributed by atoms with Gasteiger partial charge in [0.05, 0.1) is 29.0 Å². The van der Waals surface area contributed by atoms with E-state index in [1.54, 1.807) is 12.3 Å². The average molecular weight is 442 g/mol. The highest BCUT2D eigenvalue weighted by molar-refractivity contribution is 7.85. The molecule has 8 nitrogen and oxygen atoms in total. The summed E-state index contributed by atoms with van der Waals surface area (Å²) in [4.78, 5) is 19.6. The molecule has 1 aromatic carbocycles. The van der Waals surface area contributed by atoms with Crippen molar-refractivity contribution >= 4 is 28.6 Å². The lowest BCUT2D eigenvalue weighted by atomic mass is 9.85. The second-order valence-corrected chi connectivity index (χ2v) is 9.30. The fraction of sp³-hybridized carbons (Fsp3) is 0.409. The molecule has 0 radical (unpaired) electrons. The zero-order valence-electron chi connectivity index (χ0n) is 17.7. The molecule has 0 bridgehead atoms. The molecule has 0 aliphatic carbocycles. The van der Waals surface area contributed by atoms with Crippen molar-refractivity contribution in [2.45, 2.75) is 32.1 Å². The number of hydrogen-bond acceptors (Lipinski definition) is 5. The van der Waals surface area contributed by atoms with Gasteiger partial charge in [-0.3, -0.25) is 14.5 Å². The van der Waals surface area contributed by atoms with Crippen molar-refractivity contribution in [2.75, 3.05) is 24.4 Å². The number of anilines is 1. The van der Waals surface area contributed by atoms with Gasteiger partial charge in [-0.1, -0.05) is 12.1 Å². The molecule has 2 aromatic rings. The fourth-order valence-electron chi connectivity index (χ4n) is 4.08. The Morgan fingerprint density at radius 2 is 2.16 bits per heavy atom. The maximum absolute atomic E-state index is 13.3. The summed E-state index contributed by atoms with van der Waals surface area (Å²) in [7, 11) is 0. The lowest BCUT2D eigenvalue weighted by molar-refractivity contribution is -0.138. The molecule has 164 valence electrons. The highest BCUT2D eigenvalue weighted by atomic mass is 32.2. The van der Waals surface area contributed by atoms with Gasteiger partial charge in [0.2, 0.25) is 17.1 Å². The molecule has 1 amide bonds. The van der Waals surface area contributed by atoms with Gasteiger partial charge in [0.25, 0.3) is 0 Å². The van der Waals surface area contributed by atoms with E-state index in [9.17, 15) is 9.00 Å². The van der Waals surface area contributed by atoms with Crippen LogP contribution in [0.5, 0.6) is 5.75 Å². The number of aromatic nitrogens is 1. The molecule has 9 heteroatoms. The first-order chi connectivity index (χ1) is 14.9. The molecule has 1 fully saturated rings. The predicted molar refractivity (Wildman–Crippen MR) is 121 cm³/mol. The van der Waals surface area contributed by atoms with Crippen LogP contribution in [-0.4, -0.2) is 45.5 Å². The van der Waals surface area contributed by atoms with Crippen LogP contribution in [-0.2, 0) is 21.4 Å². The van der Waals surface area contributed by atoms with E-state index in [0.717, 1.165) is 25.1 Å². The second-order valence-electron chi connectivity index (χ2n) is 8.42. The van der Waals surface area contributed by atoms with Crippen LogP contribution in [0.4, 0.5) is 5.69 Å². The Hall–Kier alpha value is -2.94. The summed E-state index contributed by atoms with van der Waals surface area (Å²) in [5, 5.41) is 0. The maximum atomic E-state index is 13.3. The van der Waals surface area contributed by atoms with Crippen LogP contribution in [0.1, 0.15) is 37.9 Å². The second kappa shape index (κ2) is 8.66. The minimum absolute atomic E-state index is 0.0797. The van der Waals surface area contributed by atoms with Crippen molar-refractivity contribution in [3.8, 4) is 5.75 Å². The predicted octanol–water partition coefficient (Wildman–Crippen LogP) is 2.39. The van der Waals surface area contributed by atoms with Gasteiger partial charge in [-0.05, 0) is 51.0 Å². The number of amides is 1. The van der Waals surface area contributed by atoms with Crippen LogP contribution in [0.3, 0.4) is 0 Å². The van der Waals surface area contributed by atoms with Gasteiger partial charge in [0.15, 0.2) is 0 Å². The maximum Gasteiger partial charge on any atom is 0.245 e. The van der Waals surface area contributed by atoms with Gasteiger partial charge in [0.1, 0.15) is 11.6 Å². The number of ether oxygens (including phenoxy) is 1. The lowest BCUT2D eigenvalue weighted by Gasteiger charge is -2.37. The van der Waals surface area contributed by atoms with Gasteiger partial charge in [-0.25, -0.2) is 4.21 Å². The van der Waals surface area contributed by atoms with Crippen molar-refractivity contribution in [2.24, 2.45) is 16.0 Å². The number of carbonyl (C=O) groups is 1. The van der Waals surface area contributed by atoms with Crippen molar-refractivity contribution < 1.29 is 13.7 Å². The molecule has 0 spiro atoms. The number of nitrogens with zero attached hydrogens (tertiary/aromatic N) is 3. The number of likely N-dealkylation sites (tertiary alicyclic amines) is 1. The number of amidine groups is 1. The largest absolute Gasteiger partial charge is 0.492 e. The molecule has 1 unspecified atom stereocenters. The first-order valence-electron chi connectivity index (χ1n) is 10.4. The summed E-state index contributed by atoms with van der Waals surface area (Å²) in [5.41, 5.74) is 7.34. The number of nitrogens with two attached hydrogens (primary N) is 1. The van der Waals surface area contributed by atoms with E-state index >= 15 is 0 Å². The van der Waals surface area contributed by atoms with E-state index in [2.05, 4.69) is 14.1 Å². The Balaban J connectivity index is 1.43. The van der Waals surface area contributed by atoms with Gasteiger partial charge in [-0.15, -0.1) is 0 Å². The van der Waals surface area contributed by atoms with Crippen LogP contribution in [0.25, 0.3) is 0 Å². The van der Waals surface area contributed by atoms with E-state index in [4.69, 9.17) is 10.5 Å². The minimum Gasteiger partial charge on any atom is -0.492 e. The quantitative estimate of drug-likeness (QED) is 0.740. The molecule has 3 N–H and O–H groups in total. The standard InChI is InChI=1S/C22H27N5O3S/c1-22(2,18-10-3-4-11-24-18)21(28)27-12-6-7-15(13-27)14-30-17-9-5-8-16-19(17)20(23)26-31(29)25-16/h3-5,8-11,15,25H,6-7,12-14H2,1-2H3,(H2,23,26)/t15-,31?/m0/s1. The molecular formula is C22H27N5O3S. The first-order valence-corrected chi connectivity index (χ1v) is 11.5. The molecule has 4 rings (SSSR count). The molecule has 3 heterocycles. The highest BCUT2D eigenvalue weighted by Gasteiger charge is 2.37. The number of pyridine rings is 1. The summed E-state index contributed by atoms with van der Waals surface area (Å²) >= 11 is -1.57. The minimum atomic E-state index is -1.57. The van der Waals surface area contributed by atoms with Crippen LogP contribution < -0.4 is 15.2 Å². The lowest BCUT2D eigenvalue weighted by Crippen LogP contribution is -2.49. The zero-order chi connectivity index (χ0) is 22.0. The van der Waals surface area contributed by atoms with Gasteiger partial charge >= 0.3 is 0 Å². The van der Waals surface area contributed by atoms with Crippen molar-refractivity contribution in [1.29, 1.82) is 0 Å². The summed E-state index contributed by atoms with van der Waals surface area (Å²) in [6.45, 7) is 5.68. The van der Waals surface area contributed by atoms with Crippen LogP contribution in [0, 0.1) is 5.92 Å². The molecule has 0 saturated carbocycles. The molecular weight excluding hydrogens is 414 g/mol. The number of hydrogen-bond donors (Lipinski definition) is 2. The average Bonchev–Trinajstić information content (AvgIpc) is 2.77. The third-order valence-electron chi connectivity index (χ3n) is 5.78. The van der Waals surface area contributed by atoms with Gasteiger partial charge in [0, 0.05) is 25.2 Å². The van der Waals surface area contributed by atoms with Crippen LogP contribution in [0.15, 0.2) is 47.0 Å². The Morgan fingerprint density at radius 3 is 2.94 bits per heavy atom. The number of piperidine rings is 1. The van der Waals surface area contributed by atoms with Gasteiger partial charge in [-0.2, -0.15) is 4.40 Å². The Labute approximate surface area is 184 Å². The molecule has 1 aromatic heterocycles. The SMILES string of the molecule is CC(C)(C(=O)N1CCC[C@H](COc2cccc3c2C(N)=NS(=O)N3)C1)c1ccccn1. The third kappa shape index (κ3) is 4.41. The monoisotopic (exact) mass is 441 g/mol. The van der Waals surface area contributed by atoms with E-state index in [-0.39, 0.29) is 17.7 Å². The van der Waals surface area contributed by atoms with Crippen LogP contribution in [0.2, 0.25) is 0 Å². The number of carbonyl (C=O) groups excluding carboxylic acids is 1. The molecule has 1 saturated heterocycles. The first kappa shape index (κ1) is 21.3. The third-order valence-corrected chi connectivity index (χ3v) is 6.54. The van der Waals surface area contributed by atoms with Crippen molar-refractivity contribution in [1.82, 2.24) is 9.88 Å². The molecule has 31 heavy (non-hydrogen) atoms. The molecule has 2 aliphatic heterocycles. The Bertz CT molecular complexity index is 1030. The van der Waals surface area contributed by atoms with E-state index < -0.39 is 16.6 Å². The number of rotatable bonds is 5. The normalized spacial score (nSPS) is 21.0. The topological polar surface area (TPSA) is 110 Å². The molecule has 2 aliphatic rings. The smallest absolute Gasteiger partial charge is 0.245 e. The summed E-state index contributed by atoms with van der Waals surface area (Å²) < 4.78 is 24.5.